The molecule has 1 unspecified atom stereocenters. The molecule has 7 nitrogen and oxygen atoms in total. The van der Waals surface area contributed by atoms with E-state index in [1.54, 1.807) is 0 Å². The summed E-state index contributed by atoms with van der Waals surface area (Å²) >= 11 is 0. The third-order valence-electron chi connectivity index (χ3n) is 2.64. The number of urea groups is 1. The summed E-state index contributed by atoms with van der Waals surface area (Å²) in [5, 5.41) is 8.70. The van der Waals surface area contributed by atoms with Crippen LogP contribution in [-0.2, 0) is 14.4 Å². The summed E-state index contributed by atoms with van der Waals surface area (Å²) < 4.78 is 0. The average molecular weight is 256 g/mol. The fourth-order valence-corrected chi connectivity index (χ4v) is 1.78. The molecule has 0 aromatic heterocycles. The van der Waals surface area contributed by atoms with Crippen molar-refractivity contribution in [3.8, 4) is 0 Å². The zero-order chi connectivity index (χ0) is 14.0. The summed E-state index contributed by atoms with van der Waals surface area (Å²) in [7, 11) is 1.25. The first-order valence-electron chi connectivity index (χ1n) is 5.60. The van der Waals surface area contributed by atoms with Crippen LogP contribution in [-0.4, -0.2) is 52.3 Å². The third-order valence-corrected chi connectivity index (χ3v) is 2.64. The van der Waals surface area contributed by atoms with Gasteiger partial charge in [0.2, 0.25) is 11.8 Å². The molecule has 18 heavy (non-hydrogen) atoms. The number of hydrogen-bond donors (Lipinski definition) is 1. The van der Waals surface area contributed by atoms with Gasteiger partial charge in [-0.1, -0.05) is 13.8 Å². The molecular formula is C11H16N2O5. The lowest BCUT2D eigenvalue weighted by atomic mass is 9.99. The lowest BCUT2D eigenvalue weighted by molar-refractivity contribution is -0.154. The quantitative estimate of drug-likeness (QED) is 0.722. The van der Waals surface area contributed by atoms with Crippen molar-refractivity contribution in [2.75, 3.05) is 13.6 Å². The number of rotatable bonds is 4. The smallest absolute Gasteiger partial charge is 0.333 e. The van der Waals surface area contributed by atoms with Crippen LogP contribution in [0.2, 0.25) is 0 Å². The van der Waals surface area contributed by atoms with Gasteiger partial charge in [0, 0.05) is 13.6 Å². The zero-order valence-electron chi connectivity index (χ0n) is 10.5. The molecule has 1 N–H and O–H groups in total. The van der Waals surface area contributed by atoms with Crippen LogP contribution in [0.25, 0.3) is 0 Å². The highest BCUT2D eigenvalue weighted by atomic mass is 16.4. The lowest BCUT2D eigenvalue weighted by Crippen LogP contribution is -2.59. The van der Waals surface area contributed by atoms with E-state index in [4.69, 9.17) is 5.11 Å². The van der Waals surface area contributed by atoms with Crippen molar-refractivity contribution in [2.45, 2.75) is 20.3 Å². The van der Waals surface area contributed by atoms with Gasteiger partial charge in [-0.25, -0.2) is 4.79 Å². The molecule has 0 radical (unpaired) electrons. The molecule has 0 bridgehead atoms. The highest BCUT2D eigenvalue weighted by Crippen LogP contribution is 2.20. The number of carbonyl (C=O) groups excluding carboxylic acids is 3. The maximum atomic E-state index is 12.0. The van der Waals surface area contributed by atoms with Crippen molar-refractivity contribution >= 4 is 23.8 Å². The highest BCUT2D eigenvalue weighted by Gasteiger charge is 2.44. The topological polar surface area (TPSA) is 95.0 Å². The Hall–Kier alpha value is -1.92. The minimum Gasteiger partial charge on any atom is -0.481 e. The number of hydrogen-bond acceptors (Lipinski definition) is 4. The molecule has 1 atom stereocenters. The van der Waals surface area contributed by atoms with Crippen LogP contribution in [0.15, 0.2) is 0 Å². The lowest BCUT2D eigenvalue weighted by Gasteiger charge is -2.35. The first kappa shape index (κ1) is 14.1. The van der Waals surface area contributed by atoms with Gasteiger partial charge in [-0.05, 0) is 5.92 Å². The zero-order valence-corrected chi connectivity index (χ0v) is 10.5. The molecule has 1 fully saturated rings. The van der Waals surface area contributed by atoms with Crippen LogP contribution >= 0.6 is 0 Å². The number of barbiturate groups is 1. The van der Waals surface area contributed by atoms with Crippen molar-refractivity contribution in [1.29, 1.82) is 0 Å². The maximum Gasteiger partial charge on any atom is 0.333 e. The molecule has 4 amide bonds. The predicted octanol–water partition coefficient (Wildman–Crippen LogP) is 0.154. The van der Waals surface area contributed by atoms with Gasteiger partial charge in [-0.2, -0.15) is 0 Å². The summed E-state index contributed by atoms with van der Waals surface area (Å²) in [6.45, 7) is 3.82. The third kappa shape index (κ3) is 2.66. The fraction of sp³-hybridized carbons (Fsp3) is 0.636. The minimum atomic E-state index is -1.30. The van der Waals surface area contributed by atoms with Gasteiger partial charge in [-0.3, -0.25) is 24.2 Å². The summed E-state index contributed by atoms with van der Waals surface area (Å²) in [6, 6.07) is -0.694. The molecule has 0 spiro atoms. The molecule has 1 aliphatic heterocycles. The van der Waals surface area contributed by atoms with Gasteiger partial charge < -0.3 is 5.11 Å². The Morgan fingerprint density at radius 2 is 1.83 bits per heavy atom. The van der Waals surface area contributed by atoms with Crippen LogP contribution < -0.4 is 0 Å². The summed E-state index contributed by atoms with van der Waals surface area (Å²) in [6.07, 6.45) is -0.593. The molecular weight excluding hydrogens is 240 g/mol. The predicted molar refractivity (Wildman–Crippen MR) is 60.5 cm³/mol. The van der Waals surface area contributed by atoms with E-state index in [0.717, 1.165) is 9.80 Å². The Kier molecular flexibility index (Phi) is 4.05. The van der Waals surface area contributed by atoms with Gasteiger partial charge >= 0.3 is 12.0 Å². The van der Waals surface area contributed by atoms with Crippen LogP contribution in [0, 0.1) is 11.8 Å². The van der Waals surface area contributed by atoms with Crippen LogP contribution in [0.1, 0.15) is 20.3 Å². The van der Waals surface area contributed by atoms with E-state index in [-0.39, 0.29) is 12.5 Å². The normalized spacial score (nSPS) is 20.9. The molecule has 0 saturated carbocycles. The van der Waals surface area contributed by atoms with E-state index >= 15 is 0 Å². The van der Waals surface area contributed by atoms with Gasteiger partial charge in [0.1, 0.15) is 5.92 Å². The largest absolute Gasteiger partial charge is 0.481 e. The highest BCUT2D eigenvalue weighted by molar-refractivity contribution is 6.16. The summed E-state index contributed by atoms with van der Waals surface area (Å²) in [5.41, 5.74) is 0. The Morgan fingerprint density at radius 1 is 1.28 bits per heavy atom. The van der Waals surface area contributed by atoms with Crippen LogP contribution in [0.5, 0.6) is 0 Å². The van der Waals surface area contributed by atoms with E-state index in [1.165, 1.54) is 7.05 Å². The Bertz CT molecular complexity index is 404. The first-order valence-corrected chi connectivity index (χ1v) is 5.60. The van der Waals surface area contributed by atoms with Gasteiger partial charge in [0.05, 0.1) is 6.42 Å². The number of nitrogens with zero attached hydrogens (tertiary/aromatic N) is 2. The van der Waals surface area contributed by atoms with E-state index in [9.17, 15) is 19.2 Å². The monoisotopic (exact) mass is 256 g/mol. The first-order chi connectivity index (χ1) is 8.25. The van der Waals surface area contributed by atoms with Gasteiger partial charge in [-0.15, -0.1) is 0 Å². The minimum absolute atomic E-state index is 0.0463. The molecule has 7 heteroatoms. The fourth-order valence-electron chi connectivity index (χ4n) is 1.78. The van der Waals surface area contributed by atoms with E-state index in [0.29, 0.717) is 0 Å². The Labute approximate surface area is 104 Å². The number of aliphatic carboxylic acids is 1. The van der Waals surface area contributed by atoms with Crippen LogP contribution in [0.4, 0.5) is 4.79 Å². The molecule has 0 aromatic rings. The second kappa shape index (κ2) is 5.16. The second-order valence-electron chi connectivity index (χ2n) is 4.67. The number of carboxylic acid groups (broad SMARTS) is 1. The number of carbonyl (C=O) groups is 4. The standard InChI is InChI=1S/C11H16N2O5/c1-6(2)5-13-10(17)7(4-8(14)15)9(16)12(3)11(13)18/h6-7H,4-5H2,1-3H3,(H,14,15). The Balaban J connectivity index is 3.00. The average Bonchev–Trinajstić information content (AvgIpc) is 2.27. The van der Waals surface area contributed by atoms with Gasteiger partial charge in [0.25, 0.3) is 0 Å². The second-order valence-corrected chi connectivity index (χ2v) is 4.67. The van der Waals surface area contributed by atoms with Crippen molar-refractivity contribution in [2.24, 2.45) is 11.8 Å². The molecule has 0 aliphatic carbocycles. The van der Waals surface area contributed by atoms with Crippen molar-refractivity contribution in [1.82, 2.24) is 9.80 Å². The molecule has 1 aliphatic rings. The number of imide groups is 2. The van der Waals surface area contributed by atoms with Gasteiger partial charge in [0.15, 0.2) is 0 Å². The summed E-state index contributed by atoms with van der Waals surface area (Å²) in [4.78, 5) is 47.8. The molecule has 0 aromatic carbocycles. The molecule has 1 heterocycles. The van der Waals surface area contributed by atoms with E-state index < -0.39 is 36.2 Å². The van der Waals surface area contributed by atoms with Crippen LogP contribution in [0.3, 0.4) is 0 Å². The Morgan fingerprint density at radius 3 is 2.28 bits per heavy atom. The molecule has 1 rings (SSSR count). The van der Waals surface area contributed by atoms with Crippen molar-refractivity contribution in [3.63, 3.8) is 0 Å². The molecule has 100 valence electrons. The van der Waals surface area contributed by atoms with E-state index in [2.05, 4.69) is 0 Å². The maximum absolute atomic E-state index is 12.0. The summed E-state index contributed by atoms with van der Waals surface area (Å²) in [5.74, 6) is -3.98. The number of amides is 4. The van der Waals surface area contributed by atoms with Crippen molar-refractivity contribution < 1.29 is 24.3 Å². The van der Waals surface area contributed by atoms with E-state index in [1.807, 2.05) is 13.8 Å². The molecule has 1 saturated heterocycles. The number of carboxylic acids is 1. The van der Waals surface area contributed by atoms with Crippen molar-refractivity contribution in [3.05, 3.63) is 0 Å². The SMILES string of the molecule is CC(C)CN1C(=O)C(CC(=O)O)C(=O)N(C)C1=O.